The van der Waals surface area contributed by atoms with Gasteiger partial charge in [-0.2, -0.15) is 0 Å². The zero-order valence-corrected chi connectivity index (χ0v) is 18.0. The summed E-state index contributed by atoms with van der Waals surface area (Å²) in [6, 6.07) is 13.4. The van der Waals surface area contributed by atoms with E-state index in [1.54, 1.807) is 20.2 Å². The van der Waals surface area contributed by atoms with Crippen molar-refractivity contribution in [1.82, 2.24) is 9.97 Å². The second kappa shape index (κ2) is 8.73. The van der Waals surface area contributed by atoms with E-state index >= 15 is 0 Å². The highest BCUT2D eigenvalue weighted by Gasteiger charge is 2.19. The van der Waals surface area contributed by atoms with Gasteiger partial charge >= 0.3 is 6.16 Å². The number of halogens is 1. The molecule has 0 unspecified atom stereocenters. The lowest BCUT2D eigenvalue weighted by atomic mass is 10.1. The Morgan fingerprint density at radius 2 is 1.87 bits per heavy atom. The Kier molecular flexibility index (Phi) is 5.87. The summed E-state index contributed by atoms with van der Waals surface area (Å²) in [4.78, 5) is 19.4. The Balaban J connectivity index is 1.80. The lowest BCUT2D eigenvalue weighted by Crippen LogP contribution is -2.12. The molecular formula is C22H19BrN2O5. The summed E-state index contributed by atoms with van der Waals surface area (Å²) in [6.07, 6.45) is 0.819. The van der Waals surface area contributed by atoms with Crippen molar-refractivity contribution in [2.45, 2.75) is 13.5 Å². The smallest absolute Gasteiger partial charge is 0.457 e. The molecule has 0 amide bonds. The van der Waals surface area contributed by atoms with Crippen LogP contribution in [0.4, 0.5) is 4.79 Å². The van der Waals surface area contributed by atoms with Gasteiger partial charge in [0, 0.05) is 27.9 Å². The standard InChI is InChI=1S/C22H19BrN2O5/c1-3-28-22(26)30-21-17(12-27-2)20-16-10-15(29-14-6-4-13(23)5-7-14)8-9-18(16)25-19(20)11-24-21/h4-11,25H,3,12H2,1-2H3. The summed E-state index contributed by atoms with van der Waals surface area (Å²) >= 11 is 3.42. The van der Waals surface area contributed by atoms with Crippen molar-refractivity contribution in [2.24, 2.45) is 0 Å². The first kappa shape index (κ1) is 20.2. The van der Waals surface area contributed by atoms with Crippen LogP contribution in [0.25, 0.3) is 21.8 Å². The predicted octanol–water partition coefficient (Wildman–Crippen LogP) is 5.95. The molecule has 0 atom stereocenters. The average Bonchev–Trinajstić information content (AvgIpc) is 3.10. The van der Waals surface area contributed by atoms with Gasteiger partial charge in [-0.15, -0.1) is 0 Å². The summed E-state index contributed by atoms with van der Waals surface area (Å²) < 4.78 is 22.5. The van der Waals surface area contributed by atoms with Crippen molar-refractivity contribution in [3.8, 4) is 17.4 Å². The second-order valence-corrected chi connectivity index (χ2v) is 7.35. The van der Waals surface area contributed by atoms with Crippen molar-refractivity contribution >= 4 is 43.9 Å². The summed E-state index contributed by atoms with van der Waals surface area (Å²) in [7, 11) is 1.57. The number of hydrogen-bond acceptors (Lipinski definition) is 6. The van der Waals surface area contributed by atoms with E-state index in [-0.39, 0.29) is 19.1 Å². The molecule has 154 valence electrons. The van der Waals surface area contributed by atoms with E-state index in [1.165, 1.54) is 0 Å². The van der Waals surface area contributed by atoms with Crippen LogP contribution in [0, 0.1) is 0 Å². The molecule has 4 aromatic rings. The first-order chi connectivity index (χ1) is 14.6. The van der Waals surface area contributed by atoms with Gasteiger partial charge in [0.05, 0.1) is 30.5 Å². The van der Waals surface area contributed by atoms with E-state index in [0.29, 0.717) is 11.3 Å². The van der Waals surface area contributed by atoms with Crippen LogP contribution in [-0.2, 0) is 16.1 Å². The number of aromatic nitrogens is 2. The molecule has 0 aliphatic heterocycles. The zero-order valence-electron chi connectivity index (χ0n) is 16.4. The molecule has 4 rings (SSSR count). The van der Waals surface area contributed by atoms with Gasteiger partial charge in [0.25, 0.3) is 0 Å². The predicted molar refractivity (Wildman–Crippen MR) is 116 cm³/mol. The Morgan fingerprint density at radius 1 is 1.10 bits per heavy atom. The fraction of sp³-hybridized carbons (Fsp3) is 0.182. The van der Waals surface area contributed by atoms with Gasteiger partial charge in [0.1, 0.15) is 11.5 Å². The molecule has 7 nitrogen and oxygen atoms in total. The topological polar surface area (TPSA) is 82.7 Å². The van der Waals surface area contributed by atoms with Crippen LogP contribution in [0.2, 0.25) is 0 Å². The summed E-state index contributed by atoms with van der Waals surface area (Å²) in [5.74, 6) is 1.56. The third-order valence-corrected chi connectivity index (χ3v) is 4.98. The number of hydrogen-bond donors (Lipinski definition) is 1. The van der Waals surface area contributed by atoms with Gasteiger partial charge in [0.15, 0.2) is 0 Å². The number of rotatable bonds is 6. The van der Waals surface area contributed by atoms with Gasteiger partial charge in [-0.05, 0) is 49.4 Å². The Bertz CT molecular complexity index is 1200. The van der Waals surface area contributed by atoms with Crippen LogP contribution < -0.4 is 9.47 Å². The zero-order chi connectivity index (χ0) is 21.1. The van der Waals surface area contributed by atoms with Gasteiger partial charge in [-0.25, -0.2) is 9.78 Å². The number of aromatic amines is 1. The third kappa shape index (κ3) is 4.10. The SMILES string of the molecule is CCOC(=O)Oc1ncc2[nH]c3ccc(Oc4ccc(Br)cc4)cc3c2c1COC. The van der Waals surface area contributed by atoms with Crippen molar-refractivity contribution in [2.75, 3.05) is 13.7 Å². The highest BCUT2D eigenvalue weighted by atomic mass is 79.9. The molecule has 30 heavy (non-hydrogen) atoms. The fourth-order valence-electron chi connectivity index (χ4n) is 3.22. The highest BCUT2D eigenvalue weighted by molar-refractivity contribution is 9.10. The number of fused-ring (bicyclic) bond motifs is 3. The lowest BCUT2D eigenvalue weighted by molar-refractivity contribution is 0.101. The number of nitrogens with one attached hydrogen (secondary N) is 1. The maximum atomic E-state index is 11.8. The van der Waals surface area contributed by atoms with Crippen molar-refractivity contribution in [3.63, 3.8) is 0 Å². The first-order valence-electron chi connectivity index (χ1n) is 9.29. The normalized spacial score (nSPS) is 11.0. The Hall–Kier alpha value is -3.10. The number of carbonyl (C=O) groups excluding carboxylic acids is 1. The molecule has 0 radical (unpaired) electrons. The quantitative estimate of drug-likeness (QED) is 0.350. The van der Waals surface area contributed by atoms with Gasteiger partial charge < -0.3 is 23.9 Å². The molecule has 1 N–H and O–H groups in total. The minimum absolute atomic E-state index is 0.155. The largest absolute Gasteiger partial charge is 0.515 e. The van der Waals surface area contributed by atoms with Gasteiger partial charge in [-0.3, -0.25) is 0 Å². The number of benzene rings is 2. The molecule has 0 saturated heterocycles. The van der Waals surface area contributed by atoms with E-state index in [4.69, 9.17) is 18.9 Å². The Morgan fingerprint density at radius 3 is 2.60 bits per heavy atom. The molecular weight excluding hydrogens is 452 g/mol. The van der Waals surface area contributed by atoms with Crippen LogP contribution in [0.3, 0.4) is 0 Å². The first-order valence-corrected chi connectivity index (χ1v) is 10.1. The van der Waals surface area contributed by atoms with E-state index in [2.05, 4.69) is 25.9 Å². The third-order valence-electron chi connectivity index (χ3n) is 4.45. The molecule has 0 spiro atoms. The molecule has 2 aromatic heterocycles. The molecule has 2 heterocycles. The molecule has 0 bridgehead atoms. The van der Waals surface area contributed by atoms with Gasteiger partial charge in [0.2, 0.25) is 5.88 Å². The van der Waals surface area contributed by atoms with E-state index in [9.17, 15) is 4.79 Å². The van der Waals surface area contributed by atoms with Crippen LogP contribution in [0.5, 0.6) is 17.4 Å². The number of carbonyl (C=O) groups is 1. The second-order valence-electron chi connectivity index (χ2n) is 6.44. The number of methoxy groups -OCH3 is 1. The molecule has 0 fully saturated rings. The average molecular weight is 471 g/mol. The monoisotopic (exact) mass is 470 g/mol. The minimum atomic E-state index is -0.805. The molecule has 8 heteroatoms. The van der Waals surface area contributed by atoms with Gasteiger partial charge in [-0.1, -0.05) is 15.9 Å². The summed E-state index contributed by atoms with van der Waals surface area (Å²) in [5, 5.41) is 1.75. The number of ether oxygens (including phenoxy) is 4. The van der Waals surface area contributed by atoms with Crippen LogP contribution in [0.15, 0.2) is 53.1 Å². The molecule has 0 saturated carbocycles. The number of nitrogens with zero attached hydrogens (tertiary/aromatic N) is 1. The maximum absolute atomic E-state index is 11.8. The number of H-pyrrole nitrogens is 1. The van der Waals surface area contributed by atoms with Crippen LogP contribution in [-0.4, -0.2) is 29.8 Å². The highest BCUT2D eigenvalue weighted by Crippen LogP contribution is 2.36. The van der Waals surface area contributed by atoms with Crippen molar-refractivity contribution in [3.05, 3.63) is 58.7 Å². The summed E-state index contributed by atoms with van der Waals surface area (Å²) in [6.45, 7) is 2.13. The lowest BCUT2D eigenvalue weighted by Gasteiger charge is -2.10. The minimum Gasteiger partial charge on any atom is -0.457 e. The fourth-order valence-corrected chi connectivity index (χ4v) is 3.48. The van der Waals surface area contributed by atoms with Crippen molar-refractivity contribution in [1.29, 1.82) is 0 Å². The summed E-state index contributed by atoms with van der Waals surface area (Å²) in [5.41, 5.74) is 2.35. The Labute approximate surface area is 181 Å². The molecule has 0 aliphatic rings. The van der Waals surface area contributed by atoms with E-state index < -0.39 is 6.16 Å². The van der Waals surface area contributed by atoms with Crippen molar-refractivity contribution < 1.29 is 23.7 Å². The van der Waals surface area contributed by atoms with Crippen LogP contribution >= 0.6 is 15.9 Å². The van der Waals surface area contributed by atoms with Crippen LogP contribution in [0.1, 0.15) is 12.5 Å². The molecule has 0 aliphatic carbocycles. The van der Waals surface area contributed by atoms with E-state index in [0.717, 1.165) is 32.0 Å². The van der Waals surface area contributed by atoms with E-state index in [1.807, 2.05) is 42.5 Å². The maximum Gasteiger partial charge on any atom is 0.515 e. The number of pyridine rings is 1. The molecule has 2 aromatic carbocycles.